The summed E-state index contributed by atoms with van der Waals surface area (Å²) in [5.41, 5.74) is 6.12. The smallest absolute Gasteiger partial charge is 0.0249 e. The van der Waals surface area contributed by atoms with E-state index in [0.717, 1.165) is 6.42 Å². The van der Waals surface area contributed by atoms with Crippen LogP contribution >= 0.6 is 0 Å². The molecule has 1 nitrogen and oxygen atoms in total. The van der Waals surface area contributed by atoms with Crippen LogP contribution in [-0.2, 0) is 0 Å². The van der Waals surface area contributed by atoms with Gasteiger partial charge in [0.05, 0.1) is 0 Å². The zero-order chi connectivity index (χ0) is 13.1. The molecule has 0 aliphatic rings. The lowest BCUT2D eigenvalue weighted by molar-refractivity contribution is 0.472. The molecule has 3 atom stereocenters. The van der Waals surface area contributed by atoms with Crippen molar-refractivity contribution in [3.05, 3.63) is 24.8 Å². The number of nitrogens with two attached hydrogens (primary N) is 1. The normalized spacial score (nSPS) is 16.9. The average molecular weight is 237 g/mol. The second kappa shape index (κ2) is 10.6. The van der Waals surface area contributed by atoms with E-state index in [2.05, 4.69) is 45.6 Å². The first-order valence-electron chi connectivity index (χ1n) is 7.20. The van der Waals surface area contributed by atoms with Crippen molar-refractivity contribution < 1.29 is 0 Å². The SMILES string of the molecule is C=C[C@H](C/C=C\C(N)C(C)CCC)CCCC. The summed E-state index contributed by atoms with van der Waals surface area (Å²) >= 11 is 0. The van der Waals surface area contributed by atoms with E-state index in [0.29, 0.717) is 11.8 Å². The van der Waals surface area contributed by atoms with Gasteiger partial charge in [0.25, 0.3) is 0 Å². The molecule has 0 aromatic heterocycles. The standard InChI is InChI=1S/C16H31N/c1-5-8-11-15(7-3)12-9-13-16(17)14(4)10-6-2/h7,9,13-16H,3,5-6,8,10-12,17H2,1-2,4H3/b13-9-/t14?,15-,16?/m0/s1. The van der Waals surface area contributed by atoms with Crippen molar-refractivity contribution in [2.45, 2.75) is 65.3 Å². The van der Waals surface area contributed by atoms with E-state index in [1.807, 2.05) is 0 Å². The van der Waals surface area contributed by atoms with Crippen LogP contribution in [-0.4, -0.2) is 6.04 Å². The fourth-order valence-electron chi connectivity index (χ4n) is 2.05. The third-order valence-corrected chi connectivity index (χ3v) is 3.46. The summed E-state index contributed by atoms with van der Waals surface area (Å²) in [6.45, 7) is 10.6. The van der Waals surface area contributed by atoms with Crippen LogP contribution in [0.2, 0.25) is 0 Å². The van der Waals surface area contributed by atoms with Crippen molar-refractivity contribution >= 4 is 0 Å². The van der Waals surface area contributed by atoms with Crippen LogP contribution in [0.3, 0.4) is 0 Å². The largest absolute Gasteiger partial charge is 0.324 e. The van der Waals surface area contributed by atoms with Gasteiger partial charge in [-0.3, -0.25) is 0 Å². The van der Waals surface area contributed by atoms with Crippen molar-refractivity contribution in [1.29, 1.82) is 0 Å². The molecule has 0 aromatic carbocycles. The van der Waals surface area contributed by atoms with E-state index >= 15 is 0 Å². The monoisotopic (exact) mass is 237 g/mol. The van der Waals surface area contributed by atoms with Crippen molar-refractivity contribution in [3.63, 3.8) is 0 Å². The highest BCUT2D eigenvalue weighted by molar-refractivity contribution is 4.96. The Morgan fingerprint density at radius 3 is 2.41 bits per heavy atom. The molecule has 0 bridgehead atoms. The summed E-state index contributed by atoms with van der Waals surface area (Å²) in [4.78, 5) is 0. The lowest BCUT2D eigenvalue weighted by Crippen LogP contribution is -2.25. The Morgan fingerprint density at radius 1 is 1.18 bits per heavy atom. The van der Waals surface area contributed by atoms with Gasteiger partial charge in [0.1, 0.15) is 0 Å². The molecule has 1 heteroatoms. The Morgan fingerprint density at radius 2 is 1.88 bits per heavy atom. The summed E-state index contributed by atoms with van der Waals surface area (Å²) in [6.07, 6.45) is 13.9. The molecule has 0 saturated heterocycles. The third-order valence-electron chi connectivity index (χ3n) is 3.46. The van der Waals surface area contributed by atoms with Crippen molar-refractivity contribution in [2.75, 3.05) is 0 Å². The lowest BCUT2D eigenvalue weighted by atomic mass is 9.95. The van der Waals surface area contributed by atoms with Crippen molar-refractivity contribution in [2.24, 2.45) is 17.6 Å². The third kappa shape index (κ3) is 8.20. The van der Waals surface area contributed by atoms with Crippen LogP contribution in [0.25, 0.3) is 0 Å². The van der Waals surface area contributed by atoms with Crippen LogP contribution < -0.4 is 5.73 Å². The van der Waals surface area contributed by atoms with E-state index in [1.165, 1.54) is 32.1 Å². The molecule has 0 rings (SSSR count). The number of hydrogen-bond acceptors (Lipinski definition) is 1. The Balaban J connectivity index is 3.93. The minimum absolute atomic E-state index is 0.214. The minimum atomic E-state index is 0.214. The molecule has 0 aliphatic carbocycles. The van der Waals surface area contributed by atoms with Gasteiger partial charge in [-0.05, 0) is 31.1 Å². The first kappa shape index (κ1) is 16.4. The van der Waals surface area contributed by atoms with Gasteiger partial charge >= 0.3 is 0 Å². The predicted molar refractivity (Wildman–Crippen MR) is 79.0 cm³/mol. The molecule has 0 saturated carbocycles. The maximum Gasteiger partial charge on any atom is 0.0249 e. The predicted octanol–water partition coefficient (Wildman–Crippen LogP) is 4.69. The maximum atomic E-state index is 6.12. The summed E-state index contributed by atoms with van der Waals surface area (Å²) in [5.74, 6) is 1.22. The molecule has 17 heavy (non-hydrogen) atoms. The molecule has 0 radical (unpaired) electrons. The van der Waals surface area contributed by atoms with Crippen molar-refractivity contribution in [3.8, 4) is 0 Å². The average Bonchev–Trinajstić information content (AvgIpc) is 2.33. The van der Waals surface area contributed by atoms with Gasteiger partial charge in [0.15, 0.2) is 0 Å². The van der Waals surface area contributed by atoms with Gasteiger partial charge in [-0.2, -0.15) is 0 Å². The first-order valence-corrected chi connectivity index (χ1v) is 7.20. The van der Waals surface area contributed by atoms with Crippen LogP contribution in [0.4, 0.5) is 0 Å². The highest BCUT2D eigenvalue weighted by Gasteiger charge is 2.08. The molecular formula is C16H31N. The Kier molecular flexibility index (Phi) is 10.2. The molecule has 2 unspecified atom stereocenters. The molecule has 100 valence electrons. The number of hydrogen-bond donors (Lipinski definition) is 1. The molecule has 0 heterocycles. The fraction of sp³-hybridized carbons (Fsp3) is 0.750. The van der Waals surface area contributed by atoms with Crippen LogP contribution in [0.1, 0.15) is 59.3 Å². The molecule has 0 spiro atoms. The first-order chi connectivity index (χ1) is 8.15. The van der Waals surface area contributed by atoms with Gasteiger partial charge in [0.2, 0.25) is 0 Å². The van der Waals surface area contributed by atoms with E-state index in [1.54, 1.807) is 0 Å². The maximum absolute atomic E-state index is 6.12. The quantitative estimate of drug-likeness (QED) is 0.548. The van der Waals surface area contributed by atoms with Crippen molar-refractivity contribution in [1.82, 2.24) is 0 Å². The van der Waals surface area contributed by atoms with Gasteiger partial charge in [0, 0.05) is 6.04 Å². The minimum Gasteiger partial charge on any atom is -0.324 e. The number of allylic oxidation sites excluding steroid dienone is 2. The topological polar surface area (TPSA) is 26.0 Å². The molecular weight excluding hydrogens is 206 g/mol. The van der Waals surface area contributed by atoms with E-state index in [-0.39, 0.29) is 6.04 Å². The summed E-state index contributed by atoms with van der Waals surface area (Å²) in [5, 5.41) is 0. The van der Waals surface area contributed by atoms with Gasteiger partial charge < -0.3 is 5.73 Å². The summed E-state index contributed by atoms with van der Waals surface area (Å²) < 4.78 is 0. The molecule has 0 amide bonds. The molecule has 0 aromatic rings. The van der Waals surface area contributed by atoms with Crippen LogP contribution in [0.15, 0.2) is 24.8 Å². The molecule has 2 N–H and O–H groups in total. The van der Waals surface area contributed by atoms with Crippen LogP contribution in [0.5, 0.6) is 0 Å². The zero-order valence-electron chi connectivity index (χ0n) is 12.0. The van der Waals surface area contributed by atoms with Gasteiger partial charge in [-0.1, -0.05) is 58.3 Å². The summed E-state index contributed by atoms with van der Waals surface area (Å²) in [6, 6.07) is 0.214. The molecule has 0 fully saturated rings. The fourth-order valence-corrected chi connectivity index (χ4v) is 2.05. The van der Waals surface area contributed by atoms with E-state index < -0.39 is 0 Å². The Hall–Kier alpha value is -0.560. The number of rotatable bonds is 10. The second-order valence-corrected chi connectivity index (χ2v) is 5.15. The van der Waals surface area contributed by atoms with Gasteiger partial charge in [-0.15, -0.1) is 6.58 Å². The van der Waals surface area contributed by atoms with Gasteiger partial charge in [-0.25, -0.2) is 0 Å². The lowest BCUT2D eigenvalue weighted by Gasteiger charge is -2.15. The highest BCUT2D eigenvalue weighted by Crippen LogP contribution is 2.15. The van der Waals surface area contributed by atoms with Crippen LogP contribution in [0, 0.1) is 11.8 Å². The zero-order valence-corrected chi connectivity index (χ0v) is 12.0. The second-order valence-electron chi connectivity index (χ2n) is 5.15. The summed E-state index contributed by atoms with van der Waals surface area (Å²) in [7, 11) is 0. The number of unbranched alkanes of at least 4 members (excludes halogenated alkanes) is 1. The molecule has 0 aliphatic heterocycles. The van der Waals surface area contributed by atoms with E-state index in [4.69, 9.17) is 5.73 Å². The Labute approximate surface area is 108 Å². The van der Waals surface area contributed by atoms with E-state index in [9.17, 15) is 0 Å². The highest BCUT2D eigenvalue weighted by atomic mass is 14.6. The Bertz CT molecular complexity index is 208.